The zero-order valence-electron chi connectivity index (χ0n) is 10.2. The molecule has 0 spiro atoms. The number of carboxylic acids is 1. The molecule has 4 nitrogen and oxygen atoms in total. The highest BCUT2D eigenvalue weighted by Crippen LogP contribution is 2.21. The van der Waals surface area contributed by atoms with Crippen molar-refractivity contribution < 1.29 is 19.8 Å². The normalized spacial score (nSPS) is 14.0. The van der Waals surface area contributed by atoms with Crippen molar-refractivity contribution in [2.24, 2.45) is 0 Å². The van der Waals surface area contributed by atoms with Crippen LogP contribution in [0, 0.1) is 0 Å². The molecule has 0 saturated heterocycles. The molecule has 0 heterocycles. The van der Waals surface area contributed by atoms with Crippen LogP contribution in [-0.2, 0) is 11.2 Å². The van der Waals surface area contributed by atoms with Crippen LogP contribution in [0.25, 0.3) is 0 Å². The molecule has 0 saturated carbocycles. The first-order chi connectivity index (χ1) is 8.38. The van der Waals surface area contributed by atoms with Crippen LogP contribution < -0.4 is 0 Å². The van der Waals surface area contributed by atoms with E-state index >= 15 is 0 Å². The Bertz CT molecular complexity index is 468. The Kier molecular flexibility index (Phi) is 5.04. The molecule has 0 aromatic heterocycles. The lowest BCUT2D eigenvalue weighted by molar-refractivity contribution is -0.146. The topological polar surface area (TPSA) is 74.6 Å². The molecule has 1 aromatic rings. The van der Waals surface area contributed by atoms with Gasteiger partial charge in [-0.15, -0.1) is 0 Å². The Balaban J connectivity index is 3.25. The number of carboxylic acid groups (broad SMARTS) is 1. The van der Waals surface area contributed by atoms with Gasteiger partial charge in [-0.1, -0.05) is 35.0 Å². The first-order valence-corrected chi connectivity index (χ1v) is 6.52. The van der Waals surface area contributed by atoms with Crippen molar-refractivity contribution in [1.29, 1.82) is 0 Å². The number of rotatable bonds is 5. The highest BCUT2D eigenvalue weighted by Gasteiger charge is 2.21. The summed E-state index contributed by atoms with van der Waals surface area (Å²) >= 11 is 3.20. The maximum absolute atomic E-state index is 12.0. The van der Waals surface area contributed by atoms with E-state index in [2.05, 4.69) is 15.9 Å². The third-order valence-electron chi connectivity index (χ3n) is 2.69. The fourth-order valence-corrected chi connectivity index (χ4v) is 1.91. The number of hydrogen-bond acceptors (Lipinski definition) is 3. The van der Waals surface area contributed by atoms with E-state index in [4.69, 9.17) is 5.11 Å². The lowest BCUT2D eigenvalue weighted by atomic mass is 9.95. The van der Waals surface area contributed by atoms with Crippen molar-refractivity contribution >= 4 is 27.7 Å². The lowest BCUT2D eigenvalue weighted by Crippen LogP contribution is -2.15. The van der Waals surface area contributed by atoms with Crippen LogP contribution in [0.1, 0.15) is 41.4 Å². The molecule has 0 radical (unpaired) electrons. The first-order valence-electron chi connectivity index (χ1n) is 5.60. The molecule has 0 aliphatic rings. The molecule has 0 aliphatic heterocycles. The summed E-state index contributed by atoms with van der Waals surface area (Å²) < 4.78 is 0. The van der Waals surface area contributed by atoms with Gasteiger partial charge in [0.25, 0.3) is 0 Å². The second-order valence-electron chi connectivity index (χ2n) is 3.99. The molecule has 1 rings (SSSR count). The Morgan fingerprint density at radius 3 is 2.44 bits per heavy atom. The number of aryl methyl sites for hydroxylation is 1. The zero-order chi connectivity index (χ0) is 13.9. The van der Waals surface area contributed by atoms with Crippen LogP contribution in [0.2, 0.25) is 0 Å². The van der Waals surface area contributed by atoms with Gasteiger partial charge in [-0.3, -0.25) is 4.79 Å². The number of halogens is 1. The van der Waals surface area contributed by atoms with Crippen molar-refractivity contribution in [3.8, 4) is 0 Å². The van der Waals surface area contributed by atoms with E-state index in [0.717, 1.165) is 5.56 Å². The minimum atomic E-state index is -1.60. The minimum Gasteiger partial charge on any atom is -0.479 e. The van der Waals surface area contributed by atoms with Crippen LogP contribution >= 0.6 is 15.9 Å². The number of carbonyl (C=O) groups is 2. The first kappa shape index (κ1) is 14.9. The molecule has 0 fully saturated rings. The monoisotopic (exact) mass is 314 g/mol. The summed E-state index contributed by atoms with van der Waals surface area (Å²) in [6, 6.07) is 4.68. The quantitative estimate of drug-likeness (QED) is 0.646. The maximum Gasteiger partial charge on any atom is 0.337 e. The SMILES string of the molecule is CCc1ccc(C(O)C(=O)O)cc1C(=O)C(C)Br. The average Bonchev–Trinajstić information content (AvgIpc) is 2.35. The zero-order valence-corrected chi connectivity index (χ0v) is 11.8. The third kappa shape index (κ3) is 3.17. The van der Waals surface area contributed by atoms with E-state index in [1.807, 2.05) is 6.92 Å². The van der Waals surface area contributed by atoms with Crippen LogP contribution in [0.3, 0.4) is 0 Å². The number of alkyl halides is 1. The Morgan fingerprint density at radius 1 is 1.39 bits per heavy atom. The van der Waals surface area contributed by atoms with Gasteiger partial charge in [0.2, 0.25) is 0 Å². The second kappa shape index (κ2) is 6.11. The van der Waals surface area contributed by atoms with Gasteiger partial charge in [-0.05, 0) is 30.5 Å². The fourth-order valence-electron chi connectivity index (χ4n) is 1.66. The predicted octanol–water partition coefficient (Wildman–Crippen LogP) is 2.33. The number of ketones is 1. The summed E-state index contributed by atoms with van der Waals surface area (Å²) in [5.74, 6) is -1.45. The van der Waals surface area contributed by atoms with Gasteiger partial charge in [0.05, 0.1) is 4.83 Å². The molecule has 2 unspecified atom stereocenters. The molecule has 0 bridgehead atoms. The summed E-state index contributed by atoms with van der Waals surface area (Å²) in [5.41, 5.74) is 1.52. The highest BCUT2D eigenvalue weighted by atomic mass is 79.9. The Labute approximate surface area is 114 Å². The van der Waals surface area contributed by atoms with Gasteiger partial charge >= 0.3 is 5.97 Å². The van der Waals surface area contributed by atoms with Gasteiger partial charge in [0.1, 0.15) is 0 Å². The summed E-state index contributed by atoms with van der Waals surface area (Å²) in [5, 5.41) is 18.2. The van der Waals surface area contributed by atoms with E-state index in [0.29, 0.717) is 12.0 Å². The van der Waals surface area contributed by atoms with Crippen molar-refractivity contribution in [1.82, 2.24) is 0 Å². The van der Waals surface area contributed by atoms with Crippen molar-refractivity contribution in [3.05, 3.63) is 34.9 Å². The van der Waals surface area contributed by atoms with Gasteiger partial charge in [-0.2, -0.15) is 0 Å². The number of aliphatic hydroxyl groups is 1. The Hall–Kier alpha value is -1.20. The predicted molar refractivity (Wildman–Crippen MR) is 71.1 cm³/mol. The molecule has 0 amide bonds. The number of carbonyl (C=O) groups excluding carboxylic acids is 1. The molecule has 2 atom stereocenters. The van der Waals surface area contributed by atoms with Gasteiger partial charge in [0.15, 0.2) is 11.9 Å². The van der Waals surface area contributed by atoms with Crippen LogP contribution in [0.4, 0.5) is 0 Å². The molecule has 2 N–H and O–H groups in total. The van der Waals surface area contributed by atoms with Gasteiger partial charge in [-0.25, -0.2) is 4.79 Å². The van der Waals surface area contributed by atoms with Crippen molar-refractivity contribution in [3.63, 3.8) is 0 Å². The highest BCUT2D eigenvalue weighted by molar-refractivity contribution is 9.10. The number of benzene rings is 1. The van der Waals surface area contributed by atoms with E-state index in [1.165, 1.54) is 12.1 Å². The summed E-state index contributed by atoms with van der Waals surface area (Å²) in [6.07, 6.45) is -0.933. The van der Waals surface area contributed by atoms with E-state index in [-0.39, 0.29) is 16.2 Å². The third-order valence-corrected chi connectivity index (χ3v) is 3.11. The van der Waals surface area contributed by atoms with Crippen LogP contribution in [-0.4, -0.2) is 26.8 Å². The average molecular weight is 315 g/mol. The summed E-state index contributed by atoms with van der Waals surface area (Å²) in [7, 11) is 0. The fraction of sp³-hybridized carbons (Fsp3) is 0.385. The molecule has 0 aliphatic carbocycles. The molecule has 1 aromatic carbocycles. The minimum absolute atomic E-state index is 0.119. The van der Waals surface area contributed by atoms with Crippen molar-refractivity contribution in [2.75, 3.05) is 0 Å². The summed E-state index contributed by atoms with van der Waals surface area (Å²) in [4.78, 5) is 22.4. The van der Waals surface area contributed by atoms with E-state index in [9.17, 15) is 14.7 Å². The second-order valence-corrected chi connectivity index (χ2v) is 5.36. The number of aliphatic carboxylic acids is 1. The van der Waals surface area contributed by atoms with E-state index < -0.39 is 12.1 Å². The number of Topliss-reactive ketones (excluding diaryl/α,β-unsaturated/α-hetero) is 1. The van der Waals surface area contributed by atoms with Crippen LogP contribution in [0.5, 0.6) is 0 Å². The molecule has 5 heteroatoms. The van der Waals surface area contributed by atoms with Gasteiger partial charge < -0.3 is 10.2 Å². The molecular weight excluding hydrogens is 300 g/mol. The Morgan fingerprint density at radius 2 is 2.00 bits per heavy atom. The number of hydrogen-bond donors (Lipinski definition) is 2. The standard InChI is InChI=1S/C13H15BrO4/c1-3-8-4-5-9(12(16)13(17)18)6-10(8)11(15)7(2)14/h4-7,12,16H,3H2,1-2H3,(H,17,18). The summed E-state index contributed by atoms with van der Waals surface area (Å²) in [6.45, 7) is 3.63. The van der Waals surface area contributed by atoms with Crippen LogP contribution in [0.15, 0.2) is 18.2 Å². The van der Waals surface area contributed by atoms with E-state index in [1.54, 1.807) is 13.0 Å². The maximum atomic E-state index is 12.0. The smallest absolute Gasteiger partial charge is 0.337 e. The van der Waals surface area contributed by atoms with Crippen molar-refractivity contribution in [2.45, 2.75) is 31.2 Å². The molecular formula is C13H15BrO4. The lowest BCUT2D eigenvalue weighted by Gasteiger charge is -2.12. The molecule has 98 valence electrons. The number of aliphatic hydroxyl groups excluding tert-OH is 1. The van der Waals surface area contributed by atoms with Gasteiger partial charge in [0, 0.05) is 5.56 Å². The largest absolute Gasteiger partial charge is 0.479 e. The molecule has 18 heavy (non-hydrogen) atoms.